The largest absolute Gasteiger partial charge is 0.482 e. The van der Waals surface area contributed by atoms with Gasteiger partial charge in [-0.2, -0.15) is 0 Å². The molecule has 0 fully saturated rings. The Balaban J connectivity index is 2.93. The Morgan fingerprint density at radius 3 is 3.08 bits per heavy atom. The molecular formula is C8H8N2O2. The van der Waals surface area contributed by atoms with Gasteiger partial charge in [-0.25, -0.2) is 9.20 Å². The normalized spacial score (nSPS) is 10.4. The van der Waals surface area contributed by atoms with E-state index in [4.69, 9.17) is 4.74 Å². The third-order valence-electron chi connectivity index (χ3n) is 1.74. The van der Waals surface area contributed by atoms with E-state index in [1.54, 1.807) is 12.3 Å². The summed E-state index contributed by atoms with van der Waals surface area (Å²) in [7, 11) is 1.54. The van der Waals surface area contributed by atoms with Crippen LogP contribution in [-0.4, -0.2) is 16.5 Å². The first-order valence-electron chi connectivity index (χ1n) is 3.56. The zero-order valence-corrected chi connectivity index (χ0v) is 6.57. The molecule has 0 saturated carbocycles. The molecule has 0 amide bonds. The summed E-state index contributed by atoms with van der Waals surface area (Å²) in [4.78, 5) is 13.8. The molecule has 0 unspecified atom stereocenters. The summed E-state index contributed by atoms with van der Waals surface area (Å²) in [5.41, 5.74) is 0.627. The van der Waals surface area contributed by atoms with Crippen LogP contribution in [0.25, 0.3) is 5.52 Å². The topological polar surface area (TPSA) is 46.5 Å². The second-order valence-corrected chi connectivity index (χ2v) is 2.42. The number of nitrogens with zero attached hydrogens (tertiary/aromatic N) is 1. The molecule has 62 valence electrons. The van der Waals surface area contributed by atoms with E-state index in [9.17, 15) is 4.79 Å². The second kappa shape index (κ2) is 2.41. The Morgan fingerprint density at radius 1 is 1.50 bits per heavy atom. The second-order valence-electron chi connectivity index (χ2n) is 2.42. The van der Waals surface area contributed by atoms with Gasteiger partial charge >= 0.3 is 5.69 Å². The maximum atomic E-state index is 11.2. The Kier molecular flexibility index (Phi) is 1.40. The fraction of sp³-hybridized carbons (Fsp3) is 0.125. The molecular weight excluding hydrogens is 156 g/mol. The van der Waals surface area contributed by atoms with Crippen molar-refractivity contribution in [2.45, 2.75) is 0 Å². The third kappa shape index (κ3) is 0.812. The van der Waals surface area contributed by atoms with Crippen molar-refractivity contribution in [3.05, 3.63) is 34.9 Å². The fourth-order valence-electron chi connectivity index (χ4n) is 1.19. The lowest BCUT2D eigenvalue weighted by Crippen LogP contribution is -2.10. The van der Waals surface area contributed by atoms with Crippen LogP contribution in [0.15, 0.2) is 29.2 Å². The van der Waals surface area contributed by atoms with Crippen LogP contribution in [0.1, 0.15) is 0 Å². The summed E-state index contributed by atoms with van der Waals surface area (Å²) in [5, 5.41) is 0. The van der Waals surface area contributed by atoms with Crippen molar-refractivity contribution in [3.63, 3.8) is 0 Å². The van der Waals surface area contributed by atoms with Crippen LogP contribution in [0.2, 0.25) is 0 Å². The minimum absolute atomic E-state index is 0.178. The number of aromatic amines is 1. The minimum Gasteiger partial charge on any atom is -0.482 e. The highest BCUT2D eigenvalue weighted by atomic mass is 16.5. The number of H-pyrrole nitrogens is 1. The van der Waals surface area contributed by atoms with Crippen LogP contribution in [0.5, 0.6) is 5.88 Å². The van der Waals surface area contributed by atoms with Crippen molar-refractivity contribution >= 4 is 5.52 Å². The fourth-order valence-corrected chi connectivity index (χ4v) is 1.19. The van der Waals surface area contributed by atoms with Gasteiger partial charge in [0.05, 0.1) is 12.6 Å². The molecule has 0 bridgehead atoms. The van der Waals surface area contributed by atoms with Crippen molar-refractivity contribution in [3.8, 4) is 5.88 Å². The van der Waals surface area contributed by atoms with Crippen LogP contribution in [0.3, 0.4) is 0 Å². The molecule has 4 heteroatoms. The first kappa shape index (κ1) is 6.97. The first-order chi connectivity index (χ1) is 5.83. The van der Waals surface area contributed by atoms with Crippen molar-refractivity contribution in [2.24, 2.45) is 0 Å². The molecule has 0 spiro atoms. The zero-order chi connectivity index (χ0) is 8.55. The van der Waals surface area contributed by atoms with Crippen molar-refractivity contribution in [1.29, 1.82) is 0 Å². The van der Waals surface area contributed by atoms with E-state index in [1.165, 1.54) is 11.5 Å². The maximum Gasteiger partial charge on any atom is 0.332 e. The van der Waals surface area contributed by atoms with E-state index < -0.39 is 0 Å². The third-order valence-corrected chi connectivity index (χ3v) is 1.74. The summed E-state index contributed by atoms with van der Waals surface area (Å²) in [6.07, 6.45) is 1.64. The van der Waals surface area contributed by atoms with Crippen LogP contribution in [0.4, 0.5) is 0 Å². The lowest BCUT2D eigenvalue weighted by Gasteiger charge is -2.00. The van der Waals surface area contributed by atoms with Crippen molar-refractivity contribution in [1.82, 2.24) is 9.38 Å². The number of pyridine rings is 1. The lowest BCUT2D eigenvalue weighted by molar-refractivity contribution is 0.390. The Bertz CT molecular complexity index is 455. The standard InChI is InChI=1S/C8H8N2O2/c1-12-7-4-2-3-6-5-9-8(11)10(6)7/h2-5H,1H3,(H,9,11). The quantitative estimate of drug-likeness (QED) is 0.672. The molecule has 2 aromatic heterocycles. The number of nitrogens with one attached hydrogen (secondary N) is 1. The monoisotopic (exact) mass is 164 g/mol. The number of ether oxygens (including phenoxy) is 1. The number of rotatable bonds is 1. The molecule has 0 aliphatic heterocycles. The smallest absolute Gasteiger partial charge is 0.332 e. The zero-order valence-electron chi connectivity index (χ0n) is 6.57. The summed E-state index contributed by atoms with van der Waals surface area (Å²) in [6, 6.07) is 5.41. The summed E-state index contributed by atoms with van der Waals surface area (Å²) in [6.45, 7) is 0. The highest BCUT2D eigenvalue weighted by Gasteiger charge is 2.01. The Labute approximate surface area is 68.4 Å². The Hall–Kier alpha value is -1.71. The highest BCUT2D eigenvalue weighted by molar-refractivity contribution is 5.47. The predicted molar refractivity (Wildman–Crippen MR) is 44.6 cm³/mol. The molecule has 1 N–H and O–H groups in total. The minimum atomic E-state index is -0.178. The van der Waals surface area contributed by atoms with Crippen LogP contribution in [0, 0.1) is 0 Å². The van der Waals surface area contributed by atoms with Gasteiger partial charge in [0, 0.05) is 6.20 Å². The molecule has 0 aromatic carbocycles. The summed E-state index contributed by atoms with van der Waals surface area (Å²) >= 11 is 0. The lowest BCUT2D eigenvalue weighted by atomic mass is 10.4. The highest BCUT2D eigenvalue weighted by Crippen LogP contribution is 2.10. The molecule has 2 aromatic rings. The van der Waals surface area contributed by atoms with Crippen molar-refractivity contribution < 1.29 is 4.74 Å². The van der Waals surface area contributed by atoms with Crippen molar-refractivity contribution in [2.75, 3.05) is 7.11 Å². The molecule has 2 rings (SSSR count). The number of hydrogen-bond acceptors (Lipinski definition) is 2. The predicted octanol–water partition coefficient (Wildman–Crippen LogP) is 0.636. The first-order valence-corrected chi connectivity index (χ1v) is 3.56. The van der Waals surface area contributed by atoms with Crippen LogP contribution < -0.4 is 10.4 Å². The van der Waals surface area contributed by atoms with E-state index in [1.807, 2.05) is 12.1 Å². The average Bonchev–Trinajstić information content (AvgIpc) is 2.48. The van der Waals surface area contributed by atoms with E-state index in [0.717, 1.165) is 5.52 Å². The number of fused-ring (bicyclic) bond motifs is 1. The number of hydrogen-bond donors (Lipinski definition) is 1. The van der Waals surface area contributed by atoms with E-state index in [-0.39, 0.29) is 5.69 Å². The number of imidazole rings is 1. The average molecular weight is 164 g/mol. The number of methoxy groups -OCH3 is 1. The van der Waals surface area contributed by atoms with E-state index >= 15 is 0 Å². The molecule has 4 nitrogen and oxygen atoms in total. The van der Waals surface area contributed by atoms with Gasteiger partial charge in [-0.1, -0.05) is 6.07 Å². The van der Waals surface area contributed by atoms with Gasteiger partial charge in [0.15, 0.2) is 0 Å². The molecule has 0 atom stereocenters. The van der Waals surface area contributed by atoms with Crippen LogP contribution >= 0.6 is 0 Å². The molecule has 0 aliphatic rings. The molecule has 0 radical (unpaired) electrons. The molecule has 0 aliphatic carbocycles. The van der Waals surface area contributed by atoms with Gasteiger partial charge in [-0.05, 0) is 12.1 Å². The SMILES string of the molecule is COc1cccc2c[nH]c(=O)n12. The van der Waals surface area contributed by atoms with Gasteiger partial charge in [0.2, 0.25) is 5.88 Å². The molecule has 12 heavy (non-hydrogen) atoms. The van der Waals surface area contributed by atoms with E-state index in [0.29, 0.717) is 5.88 Å². The van der Waals surface area contributed by atoms with Crippen LogP contribution in [-0.2, 0) is 0 Å². The summed E-state index contributed by atoms with van der Waals surface area (Å²) < 4.78 is 6.48. The van der Waals surface area contributed by atoms with Gasteiger partial charge in [0.25, 0.3) is 0 Å². The van der Waals surface area contributed by atoms with Gasteiger partial charge < -0.3 is 9.72 Å². The Morgan fingerprint density at radius 2 is 2.33 bits per heavy atom. The van der Waals surface area contributed by atoms with Gasteiger partial charge in [-0.15, -0.1) is 0 Å². The van der Waals surface area contributed by atoms with E-state index in [2.05, 4.69) is 4.98 Å². The number of aromatic nitrogens is 2. The van der Waals surface area contributed by atoms with Gasteiger partial charge in [-0.3, -0.25) is 0 Å². The molecule has 0 saturated heterocycles. The summed E-state index contributed by atoms with van der Waals surface area (Å²) in [5.74, 6) is 0.541. The maximum absolute atomic E-state index is 11.2. The molecule has 2 heterocycles. The van der Waals surface area contributed by atoms with Gasteiger partial charge in [0.1, 0.15) is 0 Å².